The largest absolute Gasteiger partial charge is 0.0628 e. The van der Waals surface area contributed by atoms with Gasteiger partial charge in [0.05, 0.1) is 0 Å². The van der Waals surface area contributed by atoms with E-state index in [0.29, 0.717) is 5.41 Å². The first-order valence-corrected chi connectivity index (χ1v) is 9.28. The van der Waals surface area contributed by atoms with Crippen LogP contribution in [0.5, 0.6) is 0 Å². The molecule has 0 aliphatic heterocycles. The van der Waals surface area contributed by atoms with Crippen molar-refractivity contribution in [2.45, 2.75) is 78.6 Å². The van der Waals surface area contributed by atoms with Crippen LogP contribution in [0.1, 0.15) is 78.6 Å². The zero-order valence-electron chi connectivity index (χ0n) is 13.1. The zero-order valence-corrected chi connectivity index (χ0v) is 14.6. The van der Waals surface area contributed by atoms with Gasteiger partial charge in [-0.2, -0.15) is 0 Å². The van der Waals surface area contributed by atoms with Crippen molar-refractivity contribution in [1.29, 1.82) is 0 Å². The number of hydrogen-bond acceptors (Lipinski definition) is 0. The number of rotatable bonds is 5. The van der Waals surface area contributed by atoms with Crippen LogP contribution >= 0.6 is 15.9 Å². The lowest BCUT2D eigenvalue weighted by Crippen LogP contribution is -2.33. The molecular formula is C18H31Br. The maximum Gasteiger partial charge on any atom is -0.0138 e. The molecule has 0 saturated heterocycles. The van der Waals surface area contributed by atoms with Crippen LogP contribution in [0.2, 0.25) is 0 Å². The number of hydrogen-bond donors (Lipinski definition) is 0. The third-order valence-electron chi connectivity index (χ3n) is 5.89. The predicted molar refractivity (Wildman–Crippen MR) is 88.5 cm³/mol. The molecule has 0 heterocycles. The highest BCUT2D eigenvalue weighted by atomic mass is 79.9. The van der Waals surface area contributed by atoms with E-state index in [2.05, 4.69) is 41.7 Å². The molecule has 0 aromatic rings. The second kappa shape index (κ2) is 6.78. The lowest BCUT2D eigenvalue weighted by molar-refractivity contribution is 0.127. The van der Waals surface area contributed by atoms with E-state index in [-0.39, 0.29) is 0 Å². The molecule has 3 atom stereocenters. The number of unbranched alkanes of at least 4 members (excludes halogenated alkanes) is 1. The maximum atomic E-state index is 3.61. The average molecular weight is 327 g/mol. The monoisotopic (exact) mass is 326 g/mol. The van der Waals surface area contributed by atoms with E-state index in [9.17, 15) is 0 Å². The molecule has 0 aromatic carbocycles. The number of allylic oxidation sites excluding steroid dienone is 1. The summed E-state index contributed by atoms with van der Waals surface area (Å²) in [7, 11) is 0. The summed E-state index contributed by atoms with van der Waals surface area (Å²) in [5.74, 6) is 2.76. The molecule has 0 bridgehead atoms. The molecule has 0 N–H and O–H groups in total. The Morgan fingerprint density at radius 3 is 2.79 bits per heavy atom. The molecule has 19 heavy (non-hydrogen) atoms. The van der Waals surface area contributed by atoms with Crippen molar-refractivity contribution in [2.75, 3.05) is 0 Å². The van der Waals surface area contributed by atoms with Gasteiger partial charge in [-0.25, -0.2) is 0 Å². The fourth-order valence-corrected chi connectivity index (χ4v) is 5.24. The van der Waals surface area contributed by atoms with Gasteiger partial charge in [-0.05, 0) is 66.7 Å². The van der Waals surface area contributed by atoms with Gasteiger partial charge in [0.2, 0.25) is 0 Å². The smallest absolute Gasteiger partial charge is 0.0138 e. The van der Waals surface area contributed by atoms with Crippen LogP contribution < -0.4 is 0 Å². The van der Waals surface area contributed by atoms with Crippen LogP contribution in [0.25, 0.3) is 0 Å². The molecule has 2 aliphatic carbocycles. The van der Waals surface area contributed by atoms with Crippen LogP contribution in [0, 0.1) is 23.2 Å². The molecule has 0 nitrogen and oxygen atoms in total. The van der Waals surface area contributed by atoms with Crippen LogP contribution in [0.15, 0.2) is 10.6 Å². The molecule has 2 fully saturated rings. The minimum Gasteiger partial charge on any atom is -0.0628 e. The molecule has 0 radical (unpaired) electrons. The fourth-order valence-electron chi connectivity index (χ4n) is 4.69. The molecule has 1 heteroatoms. The summed E-state index contributed by atoms with van der Waals surface area (Å²) in [6, 6.07) is 0. The summed E-state index contributed by atoms with van der Waals surface area (Å²) in [4.78, 5) is 2.25. The predicted octanol–water partition coefficient (Wildman–Crippen LogP) is 6.70. The van der Waals surface area contributed by atoms with Crippen molar-refractivity contribution in [1.82, 2.24) is 0 Å². The highest BCUT2D eigenvalue weighted by molar-refractivity contribution is 9.11. The molecule has 2 rings (SSSR count). The Morgan fingerprint density at radius 2 is 2.11 bits per heavy atom. The zero-order chi connectivity index (χ0) is 13.9. The summed E-state index contributed by atoms with van der Waals surface area (Å²) in [5.41, 5.74) is 2.33. The van der Waals surface area contributed by atoms with Gasteiger partial charge in [0, 0.05) is 0 Å². The van der Waals surface area contributed by atoms with Gasteiger partial charge in [-0.3, -0.25) is 0 Å². The standard InChI is InChI=1S/C18H31Br/c1-14(2)7-4-5-9-16-10-11-17-15(13-19)8-6-12-18(16,17)3/h13-14,16-17H,4-12H2,1-3H3/b15-13+. The topological polar surface area (TPSA) is 0 Å². The van der Waals surface area contributed by atoms with Gasteiger partial charge < -0.3 is 0 Å². The molecule has 3 unspecified atom stereocenters. The van der Waals surface area contributed by atoms with E-state index >= 15 is 0 Å². The van der Waals surface area contributed by atoms with Gasteiger partial charge in [0.25, 0.3) is 0 Å². The third kappa shape index (κ3) is 3.46. The van der Waals surface area contributed by atoms with Crippen molar-refractivity contribution >= 4 is 15.9 Å². The lowest BCUT2D eigenvalue weighted by Gasteiger charge is -2.42. The van der Waals surface area contributed by atoms with Gasteiger partial charge in [-0.1, -0.05) is 61.5 Å². The van der Waals surface area contributed by atoms with E-state index < -0.39 is 0 Å². The Hall–Kier alpha value is 0.220. The summed E-state index contributed by atoms with van der Waals surface area (Å²) in [5, 5.41) is 0. The summed E-state index contributed by atoms with van der Waals surface area (Å²) in [6.07, 6.45) is 12.9. The molecule has 2 saturated carbocycles. The second-order valence-corrected chi connectivity index (χ2v) is 8.01. The first-order chi connectivity index (χ1) is 9.08. The maximum absolute atomic E-state index is 3.61. The quantitative estimate of drug-likeness (QED) is 0.493. The average Bonchev–Trinajstić information content (AvgIpc) is 2.71. The van der Waals surface area contributed by atoms with Crippen LogP contribution in [0.3, 0.4) is 0 Å². The Bertz CT molecular complexity index is 318. The Labute approximate surface area is 128 Å². The minimum absolute atomic E-state index is 0.621. The number of halogens is 1. The normalized spacial score (nSPS) is 37.0. The minimum atomic E-state index is 0.621. The molecular weight excluding hydrogens is 296 g/mol. The SMILES string of the molecule is CC(C)CCCCC1CCC2/C(=C/Br)CCCC12C. The van der Waals surface area contributed by atoms with Crippen LogP contribution in [0.4, 0.5) is 0 Å². The highest BCUT2D eigenvalue weighted by Gasteiger charge is 2.48. The molecule has 0 spiro atoms. The highest BCUT2D eigenvalue weighted by Crippen LogP contribution is 2.58. The Balaban J connectivity index is 1.89. The second-order valence-electron chi connectivity index (χ2n) is 7.55. The van der Waals surface area contributed by atoms with E-state index in [0.717, 1.165) is 17.8 Å². The van der Waals surface area contributed by atoms with Gasteiger partial charge in [0.15, 0.2) is 0 Å². The van der Waals surface area contributed by atoms with Crippen molar-refractivity contribution in [2.24, 2.45) is 23.2 Å². The van der Waals surface area contributed by atoms with Crippen LogP contribution in [-0.4, -0.2) is 0 Å². The van der Waals surface area contributed by atoms with Crippen molar-refractivity contribution in [3.05, 3.63) is 10.6 Å². The summed E-state index contributed by atoms with van der Waals surface area (Å²) >= 11 is 3.61. The molecule has 110 valence electrons. The third-order valence-corrected chi connectivity index (χ3v) is 6.47. The molecule has 0 aromatic heterocycles. The van der Waals surface area contributed by atoms with Crippen molar-refractivity contribution in [3.8, 4) is 0 Å². The summed E-state index contributed by atoms with van der Waals surface area (Å²) < 4.78 is 0. The van der Waals surface area contributed by atoms with Crippen molar-refractivity contribution in [3.63, 3.8) is 0 Å². The van der Waals surface area contributed by atoms with E-state index in [1.165, 1.54) is 57.8 Å². The number of fused-ring (bicyclic) bond motifs is 1. The fraction of sp³-hybridized carbons (Fsp3) is 0.889. The molecule has 2 aliphatic rings. The van der Waals surface area contributed by atoms with Crippen molar-refractivity contribution < 1.29 is 0 Å². The van der Waals surface area contributed by atoms with Gasteiger partial charge in [0.1, 0.15) is 0 Å². The Morgan fingerprint density at radius 1 is 1.32 bits per heavy atom. The van der Waals surface area contributed by atoms with Gasteiger partial charge in [-0.15, -0.1) is 0 Å². The van der Waals surface area contributed by atoms with E-state index in [1.807, 2.05) is 0 Å². The van der Waals surface area contributed by atoms with Gasteiger partial charge >= 0.3 is 0 Å². The first-order valence-electron chi connectivity index (χ1n) is 8.37. The van der Waals surface area contributed by atoms with Crippen LogP contribution in [-0.2, 0) is 0 Å². The first kappa shape index (κ1) is 15.6. The summed E-state index contributed by atoms with van der Waals surface area (Å²) in [6.45, 7) is 7.29. The van der Waals surface area contributed by atoms with E-state index in [4.69, 9.17) is 0 Å². The lowest BCUT2D eigenvalue weighted by atomic mass is 9.63. The Kier molecular flexibility index (Phi) is 5.57. The molecule has 0 amide bonds. The van der Waals surface area contributed by atoms with E-state index in [1.54, 1.807) is 5.57 Å².